The predicted octanol–water partition coefficient (Wildman–Crippen LogP) is 2.32. The van der Waals surface area contributed by atoms with Gasteiger partial charge in [-0.1, -0.05) is 11.6 Å². The summed E-state index contributed by atoms with van der Waals surface area (Å²) in [4.78, 5) is 11.9. The zero-order valence-electron chi connectivity index (χ0n) is 9.99. The van der Waals surface area contributed by atoms with E-state index in [1.807, 2.05) is 0 Å². The molecule has 1 aromatic rings. The van der Waals surface area contributed by atoms with E-state index in [4.69, 9.17) is 25.8 Å². The molecular formula is C13H13ClO4. The lowest BCUT2D eigenvalue weighted by atomic mass is 9.95. The number of ether oxygens (including phenoxy) is 3. The molecule has 1 aromatic carbocycles. The summed E-state index contributed by atoms with van der Waals surface area (Å²) in [6.07, 6.45) is 1.53. The number of rotatable bonds is 2. The van der Waals surface area contributed by atoms with Gasteiger partial charge in [-0.2, -0.15) is 0 Å². The van der Waals surface area contributed by atoms with Crippen molar-refractivity contribution in [3.05, 3.63) is 22.7 Å². The molecule has 1 aliphatic heterocycles. The minimum absolute atomic E-state index is 0.235. The first-order valence-corrected chi connectivity index (χ1v) is 6.23. The van der Waals surface area contributed by atoms with Gasteiger partial charge in [-0.3, -0.25) is 4.79 Å². The standard InChI is InChI=1S/C13H13ClO4/c1-16-12(15)13(2-3-13)8-6-10-11(7-9(8)14)18-5-4-17-10/h6-7H,2-5H2,1H3. The number of carbonyl (C=O) groups excluding carboxylic acids is 1. The summed E-state index contributed by atoms with van der Waals surface area (Å²) in [6.45, 7) is 1.03. The second kappa shape index (κ2) is 4.05. The van der Waals surface area contributed by atoms with Gasteiger partial charge in [0, 0.05) is 11.1 Å². The molecule has 1 aliphatic carbocycles. The molecule has 0 N–H and O–H groups in total. The summed E-state index contributed by atoms with van der Waals surface area (Å²) < 4.78 is 15.8. The van der Waals surface area contributed by atoms with E-state index in [1.54, 1.807) is 12.1 Å². The zero-order chi connectivity index (χ0) is 12.8. The van der Waals surface area contributed by atoms with Gasteiger partial charge in [-0.05, 0) is 24.5 Å². The van der Waals surface area contributed by atoms with Crippen LogP contribution in [0.4, 0.5) is 0 Å². The molecule has 18 heavy (non-hydrogen) atoms. The van der Waals surface area contributed by atoms with Crippen LogP contribution in [0.5, 0.6) is 11.5 Å². The van der Waals surface area contributed by atoms with Gasteiger partial charge in [0.05, 0.1) is 12.5 Å². The molecule has 0 saturated heterocycles. The summed E-state index contributed by atoms with van der Waals surface area (Å²) in [5, 5.41) is 0.530. The molecule has 0 aromatic heterocycles. The number of benzene rings is 1. The van der Waals surface area contributed by atoms with Crippen LogP contribution in [-0.2, 0) is 14.9 Å². The zero-order valence-corrected chi connectivity index (χ0v) is 10.8. The van der Waals surface area contributed by atoms with E-state index >= 15 is 0 Å². The highest BCUT2D eigenvalue weighted by molar-refractivity contribution is 6.32. The minimum Gasteiger partial charge on any atom is -0.486 e. The number of methoxy groups -OCH3 is 1. The molecular weight excluding hydrogens is 256 g/mol. The topological polar surface area (TPSA) is 44.8 Å². The van der Waals surface area contributed by atoms with Crippen molar-refractivity contribution in [3.63, 3.8) is 0 Å². The maximum Gasteiger partial charge on any atom is 0.316 e. The maximum absolute atomic E-state index is 11.9. The molecule has 96 valence electrons. The summed E-state index contributed by atoms with van der Waals surface area (Å²) in [7, 11) is 1.40. The van der Waals surface area contributed by atoms with Crippen LogP contribution in [-0.4, -0.2) is 26.3 Å². The van der Waals surface area contributed by atoms with E-state index in [2.05, 4.69) is 0 Å². The van der Waals surface area contributed by atoms with Gasteiger partial charge in [-0.25, -0.2) is 0 Å². The van der Waals surface area contributed by atoms with Gasteiger partial charge in [0.25, 0.3) is 0 Å². The van der Waals surface area contributed by atoms with Gasteiger partial charge in [0.15, 0.2) is 11.5 Å². The lowest BCUT2D eigenvalue weighted by Crippen LogP contribution is -2.23. The average Bonchev–Trinajstić information content (AvgIpc) is 3.18. The first kappa shape index (κ1) is 11.7. The van der Waals surface area contributed by atoms with E-state index in [9.17, 15) is 4.79 Å². The van der Waals surface area contributed by atoms with E-state index in [0.717, 1.165) is 18.4 Å². The molecule has 0 amide bonds. The van der Waals surface area contributed by atoms with E-state index in [0.29, 0.717) is 29.7 Å². The number of carbonyl (C=O) groups is 1. The third-order valence-corrected chi connectivity index (χ3v) is 3.79. The van der Waals surface area contributed by atoms with Gasteiger partial charge in [0.1, 0.15) is 13.2 Å². The van der Waals surface area contributed by atoms with Crippen LogP contribution < -0.4 is 9.47 Å². The molecule has 0 atom stereocenters. The van der Waals surface area contributed by atoms with Crippen LogP contribution in [0.2, 0.25) is 5.02 Å². The van der Waals surface area contributed by atoms with Crippen LogP contribution >= 0.6 is 11.6 Å². The Balaban J connectivity index is 2.05. The Hall–Kier alpha value is -1.42. The molecule has 2 aliphatic rings. The fraction of sp³-hybridized carbons (Fsp3) is 0.462. The third-order valence-electron chi connectivity index (χ3n) is 3.47. The average molecular weight is 269 g/mol. The highest BCUT2D eigenvalue weighted by Gasteiger charge is 2.54. The van der Waals surface area contributed by atoms with Crippen molar-refractivity contribution in [2.24, 2.45) is 0 Å². The van der Waals surface area contributed by atoms with Crippen molar-refractivity contribution in [1.29, 1.82) is 0 Å². The first-order chi connectivity index (χ1) is 8.67. The van der Waals surface area contributed by atoms with Crippen LogP contribution in [0.1, 0.15) is 18.4 Å². The number of fused-ring (bicyclic) bond motifs is 1. The van der Waals surface area contributed by atoms with Crippen LogP contribution in [0, 0.1) is 0 Å². The van der Waals surface area contributed by atoms with Crippen molar-refractivity contribution in [2.75, 3.05) is 20.3 Å². The van der Waals surface area contributed by atoms with Gasteiger partial charge in [-0.15, -0.1) is 0 Å². The molecule has 0 radical (unpaired) electrons. The molecule has 5 heteroatoms. The Morgan fingerprint density at radius 2 is 1.89 bits per heavy atom. The molecule has 0 spiro atoms. The Bertz CT molecular complexity index is 508. The third kappa shape index (κ3) is 1.63. The first-order valence-electron chi connectivity index (χ1n) is 5.85. The largest absolute Gasteiger partial charge is 0.486 e. The van der Waals surface area contributed by atoms with Gasteiger partial charge >= 0.3 is 5.97 Å². The summed E-state index contributed by atoms with van der Waals surface area (Å²) in [6, 6.07) is 3.52. The van der Waals surface area contributed by atoms with Crippen LogP contribution in [0.25, 0.3) is 0 Å². The van der Waals surface area contributed by atoms with Gasteiger partial charge < -0.3 is 14.2 Å². The molecule has 4 nitrogen and oxygen atoms in total. The van der Waals surface area contributed by atoms with Crippen molar-refractivity contribution in [2.45, 2.75) is 18.3 Å². The molecule has 1 fully saturated rings. The second-order valence-corrected chi connectivity index (χ2v) is 4.96. The Labute approximate surface area is 110 Å². The Kier molecular flexibility index (Phi) is 2.63. The van der Waals surface area contributed by atoms with E-state index in [-0.39, 0.29) is 5.97 Å². The summed E-state index contributed by atoms with van der Waals surface area (Å²) in [5.74, 6) is 1.05. The highest BCUT2D eigenvalue weighted by atomic mass is 35.5. The fourth-order valence-electron chi connectivity index (χ4n) is 2.33. The summed E-state index contributed by atoms with van der Waals surface area (Å²) >= 11 is 6.24. The number of hydrogen-bond acceptors (Lipinski definition) is 4. The quantitative estimate of drug-likeness (QED) is 0.772. The minimum atomic E-state index is -0.582. The van der Waals surface area contributed by atoms with Crippen molar-refractivity contribution >= 4 is 17.6 Å². The Morgan fingerprint density at radius 3 is 2.44 bits per heavy atom. The summed E-state index contributed by atoms with van der Waals surface area (Å²) in [5.41, 5.74) is 0.196. The lowest BCUT2D eigenvalue weighted by molar-refractivity contribution is -0.143. The van der Waals surface area contributed by atoms with Crippen molar-refractivity contribution < 1.29 is 19.0 Å². The molecule has 1 saturated carbocycles. The fourth-order valence-corrected chi connectivity index (χ4v) is 2.67. The highest BCUT2D eigenvalue weighted by Crippen LogP contribution is 2.53. The SMILES string of the molecule is COC(=O)C1(c2cc3c(cc2Cl)OCCO3)CC1. The molecule has 1 heterocycles. The number of esters is 1. The van der Waals surface area contributed by atoms with Gasteiger partial charge in [0.2, 0.25) is 0 Å². The Morgan fingerprint density at radius 1 is 1.28 bits per heavy atom. The molecule has 3 rings (SSSR count). The number of halogens is 1. The normalized spacial score (nSPS) is 19.2. The van der Waals surface area contributed by atoms with Crippen LogP contribution in [0.15, 0.2) is 12.1 Å². The lowest BCUT2D eigenvalue weighted by Gasteiger charge is -2.22. The van der Waals surface area contributed by atoms with Crippen molar-refractivity contribution in [1.82, 2.24) is 0 Å². The van der Waals surface area contributed by atoms with Crippen LogP contribution in [0.3, 0.4) is 0 Å². The molecule has 0 bridgehead atoms. The monoisotopic (exact) mass is 268 g/mol. The smallest absolute Gasteiger partial charge is 0.316 e. The van der Waals surface area contributed by atoms with E-state index < -0.39 is 5.41 Å². The number of hydrogen-bond donors (Lipinski definition) is 0. The van der Waals surface area contributed by atoms with E-state index in [1.165, 1.54) is 7.11 Å². The van der Waals surface area contributed by atoms with Crippen molar-refractivity contribution in [3.8, 4) is 11.5 Å². The maximum atomic E-state index is 11.9. The second-order valence-electron chi connectivity index (χ2n) is 4.55. The predicted molar refractivity (Wildman–Crippen MR) is 65.4 cm³/mol. The molecule has 0 unspecified atom stereocenters.